The van der Waals surface area contributed by atoms with E-state index in [4.69, 9.17) is 9.73 Å². The second-order valence-corrected chi connectivity index (χ2v) is 8.85. The van der Waals surface area contributed by atoms with E-state index in [1.807, 2.05) is 11.7 Å². The minimum absolute atomic E-state index is 0.124. The Hall–Kier alpha value is -2.34. The fourth-order valence-electron chi connectivity index (χ4n) is 4.39. The lowest BCUT2D eigenvalue weighted by atomic mass is 9.89. The molecule has 1 aromatic heterocycles. The van der Waals surface area contributed by atoms with Crippen molar-refractivity contribution >= 4 is 5.96 Å². The second-order valence-electron chi connectivity index (χ2n) is 8.85. The third kappa shape index (κ3) is 6.10. The summed E-state index contributed by atoms with van der Waals surface area (Å²) in [6.45, 7) is 13.1. The van der Waals surface area contributed by atoms with Gasteiger partial charge in [-0.15, -0.1) is 0 Å². The van der Waals surface area contributed by atoms with Crippen molar-refractivity contribution < 1.29 is 4.74 Å². The van der Waals surface area contributed by atoms with Gasteiger partial charge in [-0.1, -0.05) is 29.8 Å². The molecule has 31 heavy (non-hydrogen) atoms. The number of benzene rings is 1. The van der Waals surface area contributed by atoms with Crippen LogP contribution in [0.3, 0.4) is 0 Å². The quantitative estimate of drug-likeness (QED) is 0.520. The van der Waals surface area contributed by atoms with Gasteiger partial charge in [-0.05, 0) is 65.0 Å². The average Bonchev–Trinajstić information content (AvgIpc) is 2.99. The zero-order valence-corrected chi connectivity index (χ0v) is 20.0. The Morgan fingerprint density at radius 3 is 2.65 bits per heavy atom. The molecule has 0 aliphatic carbocycles. The molecule has 6 heteroatoms. The van der Waals surface area contributed by atoms with Crippen LogP contribution in [0, 0.1) is 26.7 Å². The summed E-state index contributed by atoms with van der Waals surface area (Å²) in [6, 6.07) is 9.00. The van der Waals surface area contributed by atoms with Crippen LogP contribution in [0.2, 0.25) is 0 Å². The van der Waals surface area contributed by atoms with Gasteiger partial charge in [-0.3, -0.25) is 9.67 Å². The van der Waals surface area contributed by atoms with E-state index in [1.54, 1.807) is 0 Å². The number of aliphatic imine (C=N–C) groups is 1. The molecule has 1 saturated heterocycles. The molecule has 2 aromatic rings. The Bertz CT molecular complexity index is 871. The topological polar surface area (TPSA) is 63.5 Å². The van der Waals surface area contributed by atoms with E-state index in [9.17, 15) is 0 Å². The van der Waals surface area contributed by atoms with Crippen molar-refractivity contribution in [1.82, 2.24) is 20.4 Å². The van der Waals surface area contributed by atoms with Gasteiger partial charge in [-0.25, -0.2) is 0 Å². The molecule has 3 unspecified atom stereocenters. The smallest absolute Gasteiger partial charge is 0.191 e. The standard InChI is InChI=1S/C25H39N5O/c1-7-26-25(28-18(3)15-23-19(4)29-30(6)20(23)5)27-16-22-9-8-14-31-24(22)21-12-10-17(2)11-13-21/h10-13,18,22,24H,7-9,14-16H2,1-6H3,(H2,26,27,28). The number of ether oxygens (including phenoxy) is 1. The molecule has 3 atom stereocenters. The first-order valence-electron chi connectivity index (χ1n) is 11.6. The minimum Gasteiger partial charge on any atom is -0.373 e. The number of hydrogen-bond acceptors (Lipinski definition) is 3. The number of hydrogen-bond donors (Lipinski definition) is 2. The van der Waals surface area contributed by atoms with Gasteiger partial charge in [-0.2, -0.15) is 5.10 Å². The Morgan fingerprint density at radius 1 is 1.26 bits per heavy atom. The van der Waals surface area contributed by atoms with E-state index in [0.29, 0.717) is 5.92 Å². The van der Waals surface area contributed by atoms with Crippen LogP contribution in [0.1, 0.15) is 60.9 Å². The summed E-state index contributed by atoms with van der Waals surface area (Å²) in [7, 11) is 2.01. The van der Waals surface area contributed by atoms with Gasteiger partial charge in [0.25, 0.3) is 0 Å². The van der Waals surface area contributed by atoms with E-state index in [2.05, 4.69) is 74.6 Å². The molecular weight excluding hydrogens is 386 g/mol. The second kappa shape index (κ2) is 10.8. The summed E-state index contributed by atoms with van der Waals surface area (Å²) >= 11 is 0. The third-order valence-electron chi connectivity index (χ3n) is 6.23. The van der Waals surface area contributed by atoms with Crippen LogP contribution >= 0.6 is 0 Å². The first kappa shape index (κ1) is 23.3. The van der Waals surface area contributed by atoms with Gasteiger partial charge in [0.05, 0.1) is 11.8 Å². The van der Waals surface area contributed by atoms with Gasteiger partial charge in [0.2, 0.25) is 0 Å². The lowest BCUT2D eigenvalue weighted by Crippen LogP contribution is -2.43. The van der Waals surface area contributed by atoms with E-state index in [-0.39, 0.29) is 12.1 Å². The fraction of sp³-hybridized carbons (Fsp3) is 0.600. The highest BCUT2D eigenvalue weighted by molar-refractivity contribution is 5.80. The Kier molecular flexibility index (Phi) is 8.13. The van der Waals surface area contributed by atoms with Gasteiger partial charge in [0.1, 0.15) is 0 Å². The predicted octanol–water partition coefficient (Wildman–Crippen LogP) is 4.00. The normalized spacial score (nSPS) is 20.5. The van der Waals surface area contributed by atoms with E-state index in [0.717, 1.165) is 50.6 Å². The maximum absolute atomic E-state index is 6.18. The van der Waals surface area contributed by atoms with E-state index < -0.39 is 0 Å². The summed E-state index contributed by atoms with van der Waals surface area (Å²) in [5.41, 5.74) is 6.20. The van der Waals surface area contributed by atoms with Gasteiger partial charge in [0.15, 0.2) is 5.96 Å². The monoisotopic (exact) mass is 425 g/mol. The van der Waals surface area contributed by atoms with Crippen LogP contribution in [0.25, 0.3) is 0 Å². The molecular formula is C25H39N5O. The number of aryl methyl sites for hydroxylation is 3. The number of guanidine groups is 1. The minimum atomic E-state index is 0.124. The van der Waals surface area contributed by atoms with Gasteiger partial charge in [0, 0.05) is 44.4 Å². The molecule has 1 fully saturated rings. The van der Waals surface area contributed by atoms with Crippen LogP contribution in [0.5, 0.6) is 0 Å². The molecule has 2 heterocycles. The van der Waals surface area contributed by atoms with Crippen molar-refractivity contribution in [1.29, 1.82) is 0 Å². The zero-order valence-electron chi connectivity index (χ0n) is 20.0. The van der Waals surface area contributed by atoms with Crippen LogP contribution < -0.4 is 10.6 Å². The lowest BCUT2D eigenvalue weighted by molar-refractivity contribution is -0.0250. The number of nitrogens with zero attached hydrogens (tertiary/aromatic N) is 3. The highest BCUT2D eigenvalue weighted by Crippen LogP contribution is 2.34. The highest BCUT2D eigenvalue weighted by Gasteiger charge is 2.27. The summed E-state index contributed by atoms with van der Waals surface area (Å²) in [5.74, 6) is 1.27. The van der Waals surface area contributed by atoms with Crippen LogP contribution in [0.15, 0.2) is 29.3 Å². The zero-order chi connectivity index (χ0) is 22.4. The lowest BCUT2D eigenvalue weighted by Gasteiger charge is -2.31. The molecule has 3 rings (SSSR count). The third-order valence-corrected chi connectivity index (χ3v) is 6.23. The van der Waals surface area contributed by atoms with Gasteiger partial charge >= 0.3 is 0 Å². The van der Waals surface area contributed by atoms with Crippen molar-refractivity contribution in [3.63, 3.8) is 0 Å². The highest BCUT2D eigenvalue weighted by atomic mass is 16.5. The van der Waals surface area contributed by atoms with Gasteiger partial charge < -0.3 is 15.4 Å². The Morgan fingerprint density at radius 2 is 2.00 bits per heavy atom. The molecule has 1 aliphatic rings. The van der Waals surface area contributed by atoms with Crippen molar-refractivity contribution in [3.05, 3.63) is 52.3 Å². The van der Waals surface area contributed by atoms with Crippen LogP contribution in [0.4, 0.5) is 0 Å². The van der Waals surface area contributed by atoms with E-state index in [1.165, 1.54) is 22.4 Å². The molecule has 0 amide bonds. The molecule has 0 spiro atoms. The molecule has 1 aromatic carbocycles. The molecule has 2 N–H and O–H groups in total. The molecule has 0 saturated carbocycles. The number of rotatable bonds is 7. The molecule has 0 bridgehead atoms. The maximum Gasteiger partial charge on any atom is 0.191 e. The first-order chi connectivity index (χ1) is 14.9. The van der Waals surface area contributed by atoms with Crippen molar-refractivity contribution in [3.8, 4) is 0 Å². The van der Waals surface area contributed by atoms with Crippen molar-refractivity contribution in [2.24, 2.45) is 18.0 Å². The summed E-state index contributed by atoms with van der Waals surface area (Å²) in [6.07, 6.45) is 3.29. The van der Waals surface area contributed by atoms with E-state index >= 15 is 0 Å². The fourth-order valence-corrected chi connectivity index (χ4v) is 4.39. The van der Waals surface area contributed by atoms with Crippen molar-refractivity contribution in [2.75, 3.05) is 19.7 Å². The summed E-state index contributed by atoms with van der Waals surface area (Å²) in [4.78, 5) is 4.96. The van der Waals surface area contributed by atoms with Crippen LogP contribution in [-0.2, 0) is 18.2 Å². The van der Waals surface area contributed by atoms with Crippen molar-refractivity contribution in [2.45, 2.75) is 66.0 Å². The Labute approximate surface area is 187 Å². The average molecular weight is 426 g/mol. The maximum atomic E-state index is 6.18. The summed E-state index contributed by atoms with van der Waals surface area (Å²) < 4.78 is 8.14. The molecule has 6 nitrogen and oxygen atoms in total. The molecule has 1 aliphatic heterocycles. The number of aromatic nitrogens is 2. The number of nitrogens with one attached hydrogen (secondary N) is 2. The van der Waals surface area contributed by atoms with Crippen LogP contribution in [-0.4, -0.2) is 41.5 Å². The molecule has 0 radical (unpaired) electrons. The Balaban J connectivity index is 1.66. The largest absolute Gasteiger partial charge is 0.373 e. The first-order valence-corrected chi connectivity index (χ1v) is 11.6. The molecule has 170 valence electrons. The summed E-state index contributed by atoms with van der Waals surface area (Å²) in [5, 5.41) is 11.6. The predicted molar refractivity (Wildman–Crippen MR) is 128 cm³/mol. The SMILES string of the molecule is CCNC(=NCC1CCCOC1c1ccc(C)cc1)NC(C)Cc1c(C)nn(C)c1C.